The van der Waals surface area contributed by atoms with Gasteiger partial charge in [-0.25, -0.2) is 0 Å². The van der Waals surface area contributed by atoms with Gasteiger partial charge >= 0.3 is 0 Å². The van der Waals surface area contributed by atoms with Crippen molar-refractivity contribution in [1.82, 2.24) is 5.32 Å². The summed E-state index contributed by atoms with van der Waals surface area (Å²) in [5, 5.41) is 33.1. The van der Waals surface area contributed by atoms with Crippen molar-refractivity contribution in [2.45, 2.75) is 218 Å². The number of nitrogens with one attached hydrogen (secondary N) is 1. The van der Waals surface area contributed by atoms with Crippen molar-refractivity contribution in [3.05, 3.63) is 0 Å². The third-order valence-electron chi connectivity index (χ3n) is 8.67. The van der Waals surface area contributed by atoms with Crippen molar-refractivity contribution in [3.8, 4) is 0 Å². The normalized spacial score (nSPS) is 13.8. The first kappa shape index (κ1) is 40.4. The van der Waals surface area contributed by atoms with Crippen molar-refractivity contribution < 1.29 is 20.1 Å². The molecule has 0 aliphatic heterocycles. The molecule has 41 heavy (non-hydrogen) atoms. The number of rotatable bonds is 33. The molecule has 5 nitrogen and oxygen atoms in total. The van der Waals surface area contributed by atoms with E-state index in [2.05, 4.69) is 19.2 Å². The average molecular weight is 584 g/mol. The van der Waals surface area contributed by atoms with Gasteiger partial charge in [-0.1, -0.05) is 181 Å². The molecule has 0 saturated heterocycles. The Balaban J connectivity index is 3.60. The third kappa shape index (κ3) is 29.2. The summed E-state index contributed by atoms with van der Waals surface area (Å²) >= 11 is 0. The molecular formula is C36H73NO4. The monoisotopic (exact) mass is 584 g/mol. The van der Waals surface area contributed by atoms with E-state index in [1.165, 1.54) is 141 Å². The molecule has 3 unspecified atom stereocenters. The van der Waals surface area contributed by atoms with Crippen molar-refractivity contribution in [3.63, 3.8) is 0 Å². The molecule has 0 radical (unpaired) electrons. The predicted molar refractivity (Wildman–Crippen MR) is 176 cm³/mol. The lowest BCUT2D eigenvalue weighted by Gasteiger charge is -2.23. The molecule has 0 fully saturated rings. The SMILES string of the molecule is CCCCCCCCCCCCCCCCCCCC(O)CC(=O)NC(CO)C(O)CCCCCCCCCCC. The Labute approximate surface area is 256 Å². The zero-order valence-corrected chi connectivity index (χ0v) is 27.7. The van der Waals surface area contributed by atoms with Gasteiger partial charge in [0.1, 0.15) is 0 Å². The van der Waals surface area contributed by atoms with Crippen LogP contribution in [-0.2, 0) is 4.79 Å². The van der Waals surface area contributed by atoms with Crippen LogP contribution in [0, 0.1) is 0 Å². The summed E-state index contributed by atoms with van der Waals surface area (Å²) in [7, 11) is 0. The molecule has 246 valence electrons. The summed E-state index contributed by atoms with van der Waals surface area (Å²) in [6.07, 6.45) is 33.4. The van der Waals surface area contributed by atoms with Crippen molar-refractivity contribution >= 4 is 5.91 Å². The van der Waals surface area contributed by atoms with E-state index in [9.17, 15) is 20.1 Å². The molecule has 0 aliphatic rings. The topological polar surface area (TPSA) is 89.8 Å². The third-order valence-corrected chi connectivity index (χ3v) is 8.67. The lowest BCUT2D eigenvalue weighted by molar-refractivity contribution is -0.125. The summed E-state index contributed by atoms with van der Waals surface area (Å²) in [6, 6.07) is -0.649. The molecule has 4 N–H and O–H groups in total. The number of hydrogen-bond donors (Lipinski definition) is 4. The zero-order valence-electron chi connectivity index (χ0n) is 27.7. The lowest BCUT2D eigenvalue weighted by Crippen LogP contribution is -2.46. The van der Waals surface area contributed by atoms with E-state index < -0.39 is 18.2 Å². The van der Waals surface area contributed by atoms with Crippen LogP contribution in [0.15, 0.2) is 0 Å². The fraction of sp³-hybridized carbons (Fsp3) is 0.972. The van der Waals surface area contributed by atoms with Crippen LogP contribution in [0.5, 0.6) is 0 Å². The maximum atomic E-state index is 12.3. The number of hydrogen-bond acceptors (Lipinski definition) is 4. The Morgan fingerprint density at radius 3 is 1.17 bits per heavy atom. The van der Waals surface area contributed by atoms with E-state index in [1.54, 1.807) is 0 Å². The van der Waals surface area contributed by atoms with E-state index in [4.69, 9.17) is 0 Å². The minimum Gasteiger partial charge on any atom is -0.394 e. The fourth-order valence-electron chi connectivity index (χ4n) is 5.82. The minimum absolute atomic E-state index is 0.0418. The van der Waals surface area contributed by atoms with Crippen LogP contribution in [0.1, 0.15) is 200 Å². The standard InChI is InChI=1S/C36H73NO4/c1-3-5-7-9-11-13-14-15-16-17-18-19-20-22-23-25-27-29-33(39)31-36(41)37-34(32-38)35(40)30-28-26-24-21-12-10-8-6-4-2/h33-35,38-40H,3-32H2,1-2H3,(H,37,41). The molecule has 0 saturated carbocycles. The molecule has 0 aromatic carbocycles. The molecule has 0 rings (SSSR count). The Hall–Kier alpha value is -0.650. The predicted octanol–water partition coefficient (Wildman–Crippen LogP) is 9.54. The molecule has 1 amide bonds. The first-order valence-electron chi connectivity index (χ1n) is 18.3. The van der Waals surface area contributed by atoms with Crippen molar-refractivity contribution in [2.24, 2.45) is 0 Å². The Morgan fingerprint density at radius 1 is 0.512 bits per heavy atom. The lowest BCUT2D eigenvalue weighted by atomic mass is 10.0. The number of amides is 1. The van der Waals surface area contributed by atoms with E-state index >= 15 is 0 Å². The van der Waals surface area contributed by atoms with Crippen LogP contribution in [0.25, 0.3) is 0 Å². The minimum atomic E-state index is -0.740. The smallest absolute Gasteiger partial charge is 0.222 e. The first-order valence-corrected chi connectivity index (χ1v) is 18.3. The number of aliphatic hydroxyl groups is 3. The summed E-state index contributed by atoms with van der Waals surface area (Å²) < 4.78 is 0. The largest absolute Gasteiger partial charge is 0.394 e. The van der Waals surface area contributed by atoms with Gasteiger partial charge < -0.3 is 20.6 Å². The van der Waals surface area contributed by atoms with Crippen LogP contribution in [-0.4, -0.2) is 46.1 Å². The highest BCUT2D eigenvalue weighted by atomic mass is 16.3. The molecule has 0 bridgehead atoms. The zero-order chi connectivity index (χ0) is 30.2. The van der Waals surface area contributed by atoms with Gasteiger partial charge in [0, 0.05) is 0 Å². The van der Waals surface area contributed by atoms with Gasteiger partial charge in [0.2, 0.25) is 5.91 Å². The highest BCUT2D eigenvalue weighted by molar-refractivity contribution is 5.76. The van der Waals surface area contributed by atoms with Crippen LogP contribution in [0.4, 0.5) is 0 Å². The van der Waals surface area contributed by atoms with E-state index in [0.29, 0.717) is 12.8 Å². The number of carbonyl (C=O) groups is 1. The van der Waals surface area contributed by atoms with Crippen LogP contribution in [0.2, 0.25) is 0 Å². The molecule has 0 aromatic rings. The molecule has 0 aliphatic carbocycles. The first-order chi connectivity index (χ1) is 20.0. The molecule has 0 heterocycles. The van der Waals surface area contributed by atoms with Crippen molar-refractivity contribution in [1.29, 1.82) is 0 Å². The maximum absolute atomic E-state index is 12.3. The van der Waals surface area contributed by atoms with Gasteiger partial charge in [0.15, 0.2) is 0 Å². The van der Waals surface area contributed by atoms with Gasteiger partial charge in [0.05, 0.1) is 31.3 Å². The highest BCUT2D eigenvalue weighted by Crippen LogP contribution is 2.16. The van der Waals surface area contributed by atoms with E-state index in [-0.39, 0.29) is 18.9 Å². The van der Waals surface area contributed by atoms with Crippen LogP contribution >= 0.6 is 0 Å². The second-order valence-corrected chi connectivity index (χ2v) is 12.8. The molecule has 0 aromatic heterocycles. The van der Waals surface area contributed by atoms with Gasteiger partial charge in [-0.2, -0.15) is 0 Å². The maximum Gasteiger partial charge on any atom is 0.222 e. The number of carbonyl (C=O) groups excluding carboxylic acids is 1. The molecule has 0 spiro atoms. The second-order valence-electron chi connectivity index (χ2n) is 12.8. The number of aliphatic hydroxyl groups excluding tert-OH is 3. The fourth-order valence-corrected chi connectivity index (χ4v) is 5.82. The Bertz CT molecular complexity index is 530. The van der Waals surface area contributed by atoms with Gasteiger partial charge in [0.25, 0.3) is 0 Å². The summed E-state index contributed by atoms with van der Waals surface area (Å²) in [6.45, 7) is 4.23. The van der Waals surface area contributed by atoms with Crippen LogP contribution in [0.3, 0.4) is 0 Å². The van der Waals surface area contributed by atoms with Gasteiger partial charge in [-0.15, -0.1) is 0 Å². The second kappa shape index (κ2) is 32.3. The van der Waals surface area contributed by atoms with E-state index in [1.807, 2.05) is 0 Å². The molecule has 5 heteroatoms. The number of unbranched alkanes of at least 4 members (excludes halogenated alkanes) is 24. The van der Waals surface area contributed by atoms with E-state index in [0.717, 1.165) is 25.7 Å². The summed E-state index contributed by atoms with van der Waals surface area (Å²) in [4.78, 5) is 12.3. The summed E-state index contributed by atoms with van der Waals surface area (Å²) in [5.41, 5.74) is 0. The summed E-state index contributed by atoms with van der Waals surface area (Å²) in [5.74, 6) is -0.283. The van der Waals surface area contributed by atoms with Crippen molar-refractivity contribution in [2.75, 3.05) is 6.61 Å². The highest BCUT2D eigenvalue weighted by Gasteiger charge is 2.21. The average Bonchev–Trinajstić information content (AvgIpc) is 2.96. The van der Waals surface area contributed by atoms with Gasteiger partial charge in [-0.05, 0) is 12.8 Å². The van der Waals surface area contributed by atoms with Crippen LogP contribution < -0.4 is 5.32 Å². The van der Waals surface area contributed by atoms with Gasteiger partial charge in [-0.3, -0.25) is 4.79 Å². The quantitative estimate of drug-likeness (QED) is 0.0579. The molecular weight excluding hydrogens is 510 g/mol. The molecule has 3 atom stereocenters. The Morgan fingerprint density at radius 2 is 0.829 bits per heavy atom. The Kier molecular flexibility index (Phi) is 31.8.